The third kappa shape index (κ3) is 3.07. The maximum atomic E-state index is 13.5. The second-order valence-electron chi connectivity index (χ2n) is 7.82. The van der Waals surface area contributed by atoms with Gasteiger partial charge in [-0.05, 0) is 45.2 Å². The number of pyridine rings is 1. The number of benzene rings is 1. The molecule has 3 aromatic rings. The molecule has 3 heterocycles. The number of hydrogen-bond donors (Lipinski definition) is 1. The van der Waals surface area contributed by atoms with Crippen LogP contribution in [0.5, 0.6) is 0 Å². The smallest absolute Gasteiger partial charge is 0.255 e. The van der Waals surface area contributed by atoms with E-state index in [1.54, 1.807) is 6.20 Å². The number of carbonyl (C=O) groups is 1. The molecule has 1 atom stereocenters. The Labute approximate surface area is 165 Å². The van der Waals surface area contributed by atoms with Crippen molar-refractivity contribution in [2.24, 2.45) is 5.73 Å². The van der Waals surface area contributed by atoms with Crippen LogP contribution >= 0.6 is 0 Å². The zero-order chi connectivity index (χ0) is 19.8. The van der Waals surface area contributed by atoms with Gasteiger partial charge in [-0.25, -0.2) is 9.67 Å². The van der Waals surface area contributed by atoms with Crippen molar-refractivity contribution in [2.45, 2.75) is 45.7 Å². The zero-order valence-electron chi connectivity index (χ0n) is 16.7. The van der Waals surface area contributed by atoms with Crippen molar-refractivity contribution in [3.63, 3.8) is 0 Å². The van der Waals surface area contributed by atoms with Gasteiger partial charge in [-0.3, -0.25) is 4.79 Å². The number of rotatable bonds is 4. The molecule has 2 aromatic heterocycles. The molecule has 0 radical (unpaired) electrons. The molecule has 0 bridgehead atoms. The molecule has 1 aliphatic heterocycles. The maximum absolute atomic E-state index is 13.5. The first-order valence-corrected chi connectivity index (χ1v) is 9.96. The fraction of sp³-hybridized carbons (Fsp3) is 0.409. The van der Waals surface area contributed by atoms with Gasteiger partial charge in [-0.15, -0.1) is 0 Å². The van der Waals surface area contributed by atoms with Crippen molar-refractivity contribution >= 4 is 16.9 Å². The van der Waals surface area contributed by atoms with Crippen LogP contribution in [0.4, 0.5) is 0 Å². The molecular formula is C22H27N5O. The summed E-state index contributed by atoms with van der Waals surface area (Å²) in [7, 11) is 0. The molecule has 6 nitrogen and oxygen atoms in total. The first-order valence-electron chi connectivity index (χ1n) is 9.96. The Balaban J connectivity index is 1.92. The molecule has 4 rings (SSSR count). The quantitative estimate of drug-likeness (QED) is 0.754. The van der Waals surface area contributed by atoms with Crippen molar-refractivity contribution in [3.8, 4) is 11.3 Å². The molecule has 2 N–H and O–H groups in total. The van der Waals surface area contributed by atoms with E-state index in [2.05, 4.69) is 31.9 Å². The maximum Gasteiger partial charge on any atom is 0.255 e. The summed E-state index contributed by atoms with van der Waals surface area (Å²) < 4.78 is 1.89. The molecule has 1 amide bonds. The molecule has 1 aromatic carbocycles. The summed E-state index contributed by atoms with van der Waals surface area (Å²) in [5.74, 6) is 0.0264. The monoisotopic (exact) mass is 377 g/mol. The van der Waals surface area contributed by atoms with Crippen LogP contribution in [0.1, 0.15) is 48.7 Å². The highest BCUT2D eigenvalue weighted by molar-refractivity contribution is 6.06. The number of likely N-dealkylation sites (tertiary alicyclic amines) is 1. The Morgan fingerprint density at radius 1 is 1.32 bits per heavy atom. The van der Waals surface area contributed by atoms with Gasteiger partial charge in [0.25, 0.3) is 5.91 Å². The summed E-state index contributed by atoms with van der Waals surface area (Å²) in [5, 5.41) is 5.32. The molecular weight excluding hydrogens is 350 g/mol. The molecule has 0 saturated carbocycles. The van der Waals surface area contributed by atoms with Crippen LogP contribution in [0.3, 0.4) is 0 Å². The number of hydrogen-bond acceptors (Lipinski definition) is 4. The van der Waals surface area contributed by atoms with Crippen LogP contribution in [-0.4, -0.2) is 44.7 Å². The van der Waals surface area contributed by atoms with Gasteiger partial charge in [0.15, 0.2) is 5.65 Å². The molecule has 1 fully saturated rings. The predicted octanol–water partition coefficient (Wildman–Crippen LogP) is 3.55. The minimum absolute atomic E-state index is 0.0264. The largest absolute Gasteiger partial charge is 0.334 e. The number of aryl methyl sites for hydroxylation is 1. The molecule has 6 heteroatoms. The van der Waals surface area contributed by atoms with Crippen LogP contribution in [0.15, 0.2) is 36.5 Å². The molecule has 0 spiro atoms. The number of nitrogens with two attached hydrogens (primary N) is 1. The van der Waals surface area contributed by atoms with Crippen molar-refractivity contribution < 1.29 is 4.79 Å². The van der Waals surface area contributed by atoms with E-state index in [1.807, 2.05) is 33.8 Å². The topological polar surface area (TPSA) is 77.0 Å². The lowest BCUT2D eigenvalue weighted by atomic mass is 10.0. The first-order chi connectivity index (χ1) is 13.5. The van der Waals surface area contributed by atoms with Crippen molar-refractivity contribution in [1.82, 2.24) is 19.7 Å². The molecule has 146 valence electrons. The van der Waals surface area contributed by atoms with Crippen molar-refractivity contribution in [1.29, 1.82) is 0 Å². The van der Waals surface area contributed by atoms with Gasteiger partial charge in [-0.2, -0.15) is 5.10 Å². The van der Waals surface area contributed by atoms with Gasteiger partial charge in [0, 0.05) is 30.7 Å². The second kappa shape index (κ2) is 7.36. The minimum atomic E-state index is 0.0264. The fourth-order valence-electron chi connectivity index (χ4n) is 4.07. The van der Waals surface area contributed by atoms with Crippen LogP contribution in [0.25, 0.3) is 22.3 Å². The van der Waals surface area contributed by atoms with E-state index in [-0.39, 0.29) is 18.0 Å². The number of amides is 1. The standard InChI is InChI=1S/C22H27N5O/c1-14(2)27-21-19(13-24-27)18(22(28)26-10-6-8-16(26)12-23)11-20(25-21)17-9-5-4-7-15(17)3/h4-5,7,9,11,13-14,16H,6,8,10,12,23H2,1-3H3. The third-order valence-electron chi connectivity index (χ3n) is 5.62. The number of aromatic nitrogens is 3. The van der Waals surface area contributed by atoms with Gasteiger partial charge in [0.2, 0.25) is 0 Å². The highest BCUT2D eigenvalue weighted by atomic mass is 16.2. The number of fused-ring (bicyclic) bond motifs is 1. The summed E-state index contributed by atoms with van der Waals surface area (Å²) in [6, 6.07) is 10.3. The Hall–Kier alpha value is -2.73. The Morgan fingerprint density at radius 2 is 2.11 bits per heavy atom. The lowest BCUT2D eigenvalue weighted by molar-refractivity contribution is 0.0743. The Morgan fingerprint density at radius 3 is 2.82 bits per heavy atom. The van der Waals surface area contributed by atoms with E-state index in [9.17, 15) is 4.79 Å². The average molecular weight is 377 g/mol. The second-order valence-corrected chi connectivity index (χ2v) is 7.82. The predicted molar refractivity (Wildman–Crippen MR) is 111 cm³/mol. The molecule has 1 saturated heterocycles. The van der Waals surface area contributed by atoms with Gasteiger partial charge in [0.1, 0.15) is 0 Å². The lowest BCUT2D eigenvalue weighted by Crippen LogP contribution is -2.40. The molecule has 1 unspecified atom stereocenters. The minimum Gasteiger partial charge on any atom is -0.334 e. The summed E-state index contributed by atoms with van der Waals surface area (Å²) in [5.41, 5.74) is 10.3. The summed E-state index contributed by atoms with van der Waals surface area (Å²) in [6.07, 6.45) is 3.73. The van der Waals surface area contributed by atoms with Crippen LogP contribution < -0.4 is 5.73 Å². The van der Waals surface area contributed by atoms with Crippen molar-refractivity contribution in [3.05, 3.63) is 47.7 Å². The fourth-order valence-corrected chi connectivity index (χ4v) is 4.07. The van der Waals surface area contributed by atoms with Gasteiger partial charge < -0.3 is 10.6 Å². The van der Waals surface area contributed by atoms with Crippen LogP contribution in [0, 0.1) is 6.92 Å². The summed E-state index contributed by atoms with van der Waals surface area (Å²) >= 11 is 0. The van der Waals surface area contributed by atoms with Gasteiger partial charge in [0.05, 0.1) is 22.8 Å². The van der Waals surface area contributed by atoms with E-state index in [0.717, 1.165) is 47.2 Å². The highest BCUT2D eigenvalue weighted by Crippen LogP contribution is 2.30. The van der Waals surface area contributed by atoms with Gasteiger partial charge >= 0.3 is 0 Å². The van der Waals surface area contributed by atoms with Gasteiger partial charge in [-0.1, -0.05) is 24.3 Å². The van der Waals surface area contributed by atoms with E-state index >= 15 is 0 Å². The molecule has 1 aliphatic rings. The first kappa shape index (κ1) is 18.6. The molecule has 28 heavy (non-hydrogen) atoms. The summed E-state index contributed by atoms with van der Waals surface area (Å²) in [6.45, 7) is 7.45. The van der Waals surface area contributed by atoms with Crippen LogP contribution in [0.2, 0.25) is 0 Å². The normalized spacial score (nSPS) is 17.0. The SMILES string of the molecule is Cc1ccccc1-c1cc(C(=O)N2CCCC2CN)c2cnn(C(C)C)c2n1. The Bertz CT molecular complexity index is 1020. The Kier molecular flexibility index (Phi) is 4.89. The lowest BCUT2D eigenvalue weighted by Gasteiger charge is -2.24. The van der Waals surface area contributed by atoms with E-state index < -0.39 is 0 Å². The number of carbonyl (C=O) groups excluding carboxylic acids is 1. The number of nitrogens with zero attached hydrogens (tertiary/aromatic N) is 4. The zero-order valence-corrected chi connectivity index (χ0v) is 16.7. The van der Waals surface area contributed by atoms with E-state index in [0.29, 0.717) is 12.1 Å². The van der Waals surface area contributed by atoms with Crippen molar-refractivity contribution in [2.75, 3.05) is 13.1 Å². The van der Waals surface area contributed by atoms with E-state index in [1.165, 1.54) is 0 Å². The van der Waals surface area contributed by atoms with E-state index in [4.69, 9.17) is 10.7 Å². The third-order valence-corrected chi connectivity index (χ3v) is 5.62. The average Bonchev–Trinajstić information content (AvgIpc) is 3.33. The summed E-state index contributed by atoms with van der Waals surface area (Å²) in [4.78, 5) is 20.3. The highest BCUT2D eigenvalue weighted by Gasteiger charge is 2.30. The van der Waals surface area contributed by atoms with Crippen LogP contribution in [-0.2, 0) is 0 Å². The molecule has 0 aliphatic carbocycles.